The summed E-state index contributed by atoms with van der Waals surface area (Å²) in [6, 6.07) is 0. The highest BCUT2D eigenvalue weighted by atomic mass is 15.1. The van der Waals surface area contributed by atoms with E-state index in [2.05, 4.69) is 18.1 Å². The summed E-state index contributed by atoms with van der Waals surface area (Å²) in [4.78, 5) is 4.80. The van der Waals surface area contributed by atoms with Crippen LogP contribution in [0.3, 0.4) is 0 Å². The van der Waals surface area contributed by atoms with Crippen LogP contribution in [0, 0.1) is 0 Å². The Morgan fingerprint density at radius 1 is 1.33 bits per heavy atom. The minimum absolute atomic E-state index is 0.573. The van der Waals surface area contributed by atoms with Gasteiger partial charge in [-0.15, -0.1) is 6.58 Å². The molecule has 1 aliphatic rings. The molecule has 0 aliphatic heterocycles. The number of imidazole rings is 1. The van der Waals surface area contributed by atoms with Crippen molar-refractivity contribution in [3.63, 3.8) is 0 Å². The lowest BCUT2D eigenvalue weighted by atomic mass is 9.96. The normalized spacial score (nSPS) is 17.6. The highest BCUT2D eigenvalue weighted by Gasteiger charge is 2.22. The molecule has 0 saturated heterocycles. The minimum Gasteiger partial charge on any atom is -0.384 e. The molecule has 2 N–H and O–H groups in total. The van der Waals surface area contributed by atoms with Gasteiger partial charge in [0.15, 0.2) is 0 Å². The molecule has 1 aliphatic carbocycles. The summed E-state index contributed by atoms with van der Waals surface area (Å²) in [6.07, 6.45) is 10.7. The van der Waals surface area contributed by atoms with Crippen LogP contribution in [0.2, 0.25) is 0 Å². The van der Waals surface area contributed by atoms with Crippen molar-refractivity contribution in [2.75, 3.05) is 5.73 Å². The number of aryl methyl sites for hydroxylation is 1. The van der Waals surface area contributed by atoms with Gasteiger partial charge in [0, 0.05) is 18.9 Å². The van der Waals surface area contributed by atoms with Gasteiger partial charge in [-0.2, -0.15) is 0 Å². The molecule has 0 radical (unpaired) electrons. The van der Waals surface area contributed by atoms with Gasteiger partial charge < -0.3 is 10.3 Å². The lowest BCUT2D eigenvalue weighted by molar-refractivity contribution is 0.580. The second-order valence-corrected chi connectivity index (χ2v) is 5.24. The standard InChI is InChI=1S/C15H25N3/c1-3-11-18-13(4-2)17-14(15(18)16)12-9-7-5-6-8-10-12/h3,12H,1,4-11,16H2,2H3. The van der Waals surface area contributed by atoms with Gasteiger partial charge in [0.25, 0.3) is 0 Å². The van der Waals surface area contributed by atoms with E-state index in [0.717, 1.165) is 30.3 Å². The van der Waals surface area contributed by atoms with Gasteiger partial charge in [-0.3, -0.25) is 0 Å². The maximum atomic E-state index is 6.30. The van der Waals surface area contributed by atoms with Gasteiger partial charge in [0.05, 0.1) is 5.69 Å². The molecule has 0 bridgehead atoms. The smallest absolute Gasteiger partial charge is 0.127 e. The molecule has 0 spiro atoms. The molecule has 1 aromatic heterocycles. The van der Waals surface area contributed by atoms with E-state index in [-0.39, 0.29) is 0 Å². The van der Waals surface area contributed by atoms with E-state index in [1.807, 2.05) is 6.08 Å². The lowest BCUT2D eigenvalue weighted by Gasteiger charge is -2.12. The lowest BCUT2D eigenvalue weighted by Crippen LogP contribution is -2.07. The Labute approximate surface area is 110 Å². The van der Waals surface area contributed by atoms with Gasteiger partial charge >= 0.3 is 0 Å². The van der Waals surface area contributed by atoms with E-state index in [0.29, 0.717) is 5.92 Å². The fourth-order valence-corrected chi connectivity index (χ4v) is 2.99. The van der Waals surface area contributed by atoms with Crippen LogP contribution in [0.25, 0.3) is 0 Å². The number of anilines is 1. The second kappa shape index (κ2) is 6.07. The summed E-state index contributed by atoms with van der Waals surface area (Å²) in [5.41, 5.74) is 7.45. The average molecular weight is 247 g/mol. The molecule has 100 valence electrons. The average Bonchev–Trinajstić information content (AvgIpc) is 2.60. The molecule has 18 heavy (non-hydrogen) atoms. The summed E-state index contributed by atoms with van der Waals surface area (Å²) in [5.74, 6) is 2.55. The molecular formula is C15H25N3. The minimum atomic E-state index is 0.573. The van der Waals surface area contributed by atoms with Crippen LogP contribution in [-0.4, -0.2) is 9.55 Å². The van der Waals surface area contributed by atoms with E-state index in [1.54, 1.807) is 0 Å². The van der Waals surface area contributed by atoms with Crippen molar-refractivity contribution in [3.05, 3.63) is 24.2 Å². The number of nitrogens with zero attached hydrogens (tertiary/aromatic N) is 2. The van der Waals surface area contributed by atoms with Crippen molar-refractivity contribution in [3.8, 4) is 0 Å². The van der Waals surface area contributed by atoms with E-state index in [4.69, 9.17) is 10.7 Å². The predicted octanol–water partition coefficient (Wildman–Crippen LogP) is 3.65. The molecular weight excluding hydrogens is 222 g/mol. The Morgan fingerprint density at radius 3 is 2.56 bits per heavy atom. The van der Waals surface area contributed by atoms with Crippen molar-refractivity contribution < 1.29 is 0 Å². The van der Waals surface area contributed by atoms with Crippen molar-refractivity contribution >= 4 is 5.82 Å². The molecule has 0 amide bonds. The Hall–Kier alpha value is -1.25. The predicted molar refractivity (Wildman–Crippen MR) is 76.7 cm³/mol. The molecule has 1 saturated carbocycles. The molecule has 3 heteroatoms. The van der Waals surface area contributed by atoms with Crippen LogP contribution in [-0.2, 0) is 13.0 Å². The van der Waals surface area contributed by atoms with Crippen molar-refractivity contribution in [1.29, 1.82) is 0 Å². The first-order valence-corrected chi connectivity index (χ1v) is 7.23. The zero-order valence-electron chi connectivity index (χ0n) is 11.5. The van der Waals surface area contributed by atoms with Crippen molar-refractivity contribution in [2.24, 2.45) is 0 Å². The number of allylic oxidation sites excluding steroid dienone is 1. The summed E-state index contributed by atoms with van der Waals surface area (Å²) >= 11 is 0. The Balaban J connectivity index is 2.28. The van der Waals surface area contributed by atoms with Gasteiger partial charge in [-0.1, -0.05) is 38.7 Å². The Kier molecular flexibility index (Phi) is 4.45. The Bertz CT molecular complexity index is 398. The maximum Gasteiger partial charge on any atom is 0.127 e. The third kappa shape index (κ3) is 2.60. The maximum absolute atomic E-state index is 6.30. The summed E-state index contributed by atoms with van der Waals surface area (Å²) in [7, 11) is 0. The number of hydrogen-bond donors (Lipinski definition) is 1. The molecule has 0 aromatic carbocycles. The fraction of sp³-hybridized carbons (Fsp3) is 0.667. The number of rotatable bonds is 4. The van der Waals surface area contributed by atoms with Gasteiger partial charge in [0.1, 0.15) is 11.6 Å². The topological polar surface area (TPSA) is 43.8 Å². The molecule has 1 aromatic rings. The largest absolute Gasteiger partial charge is 0.384 e. The van der Waals surface area contributed by atoms with E-state index >= 15 is 0 Å². The zero-order chi connectivity index (χ0) is 13.0. The van der Waals surface area contributed by atoms with E-state index < -0.39 is 0 Å². The van der Waals surface area contributed by atoms with Crippen molar-refractivity contribution in [2.45, 2.75) is 64.3 Å². The molecule has 3 nitrogen and oxygen atoms in total. The van der Waals surface area contributed by atoms with Crippen LogP contribution in [0.5, 0.6) is 0 Å². The monoisotopic (exact) mass is 247 g/mol. The number of aromatic nitrogens is 2. The molecule has 0 unspecified atom stereocenters. The summed E-state index contributed by atoms with van der Waals surface area (Å²) in [5, 5.41) is 0. The highest BCUT2D eigenvalue weighted by Crippen LogP contribution is 2.34. The van der Waals surface area contributed by atoms with E-state index in [1.165, 1.54) is 38.5 Å². The first kappa shape index (κ1) is 13.2. The van der Waals surface area contributed by atoms with E-state index in [9.17, 15) is 0 Å². The highest BCUT2D eigenvalue weighted by molar-refractivity contribution is 5.41. The molecule has 1 fully saturated rings. The van der Waals surface area contributed by atoms with Crippen molar-refractivity contribution in [1.82, 2.24) is 9.55 Å². The number of nitrogens with two attached hydrogens (primary N) is 1. The van der Waals surface area contributed by atoms with Crippen LogP contribution in [0.15, 0.2) is 12.7 Å². The Morgan fingerprint density at radius 2 is 2.00 bits per heavy atom. The van der Waals surface area contributed by atoms with Gasteiger partial charge in [-0.05, 0) is 12.8 Å². The number of nitrogen functional groups attached to an aromatic ring is 1. The molecule has 0 atom stereocenters. The summed E-state index contributed by atoms with van der Waals surface area (Å²) < 4.78 is 2.12. The third-order valence-corrected chi connectivity index (χ3v) is 3.98. The van der Waals surface area contributed by atoms with Crippen LogP contribution in [0.4, 0.5) is 5.82 Å². The summed E-state index contributed by atoms with van der Waals surface area (Å²) in [6.45, 7) is 6.71. The zero-order valence-corrected chi connectivity index (χ0v) is 11.5. The quantitative estimate of drug-likeness (QED) is 0.652. The molecule has 2 rings (SSSR count). The fourth-order valence-electron chi connectivity index (χ4n) is 2.99. The van der Waals surface area contributed by atoms with Crippen LogP contribution in [0.1, 0.15) is 62.9 Å². The van der Waals surface area contributed by atoms with Gasteiger partial charge in [-0.25, -0.2) is 4.98 Å². The molecule has 1 heterocycles. The van der Waals surface area contributed by atoms with Crippen LogP contribution < -0.4 is 5.73 Å². The first-order valence-electron chi connectivity index (χ1n) is 7.23. The third-order valence-electron chi connectivity index (χ3n) is 3.98. The second-order valence-electron chi connectivity index (χ2n) is 5.24. The van der Waals surface area contributed by atoms with Gasteiger partial charge in [0.2, 0.25) is 0 Å². The SMILES string of the molecule is C=CCn1c(CC)nc(C2CCCCCC2)c1N. The first-order chi connectivity index (χ1) is 8.77. The van der Waals surface area contributed by atoms with Crippen LogP contribution >= 0.6 is 0 Å². The number of hydrogen-bond acceptors (Lipinski definition) is 2.